The lowest BCUT2D eigenvalue weighted by Gasteiger charge is -2.63. The van der Waals surface area contributed by atoms with Crippen LogP contribution >= 0.6 is 18.5 Å². The molecular weight excluding hydrogens is 478 g/mol. The minimum Gasteiger partial charge on any atom is -0.313 e. The third kappa shape index (κ3) is 4.16. The molecule has 4 bridgehead atoms. The van der Waals surface area contributed by atoms with Crippen LogP contribution in [0.2, 0.25) is 25.2 Å². The van der Waals surface area contributed by atoms with Crippen LogP contribution in [0.5, 0.6) is 0 Å². The molecule has 2 aliphatic heterocycles. The van der Waals surface area contributed by atoms with Gasteiger partial charge in [-0.3, -0.25) is 0 Å². The third-order valence-electron chi connectivity index (χ3n) is 11.7. The first kappa shape index (κ1) is 25.7. The van der Waals surface area contributed by atoms with Crippen LogP contribution in [0.15, 0.2) is 23.3 Å². The van der Waals surface area contributed by atoms with E-state index in [1.165, 1.54) is 83.5 Å². The molecule has 6 fully saturated rings. The zero-order valence-electron chi connectivity index (χ0n) is 22.8. The van der Waals surface area contributed by atoms with Gasteiger partial charge in [-0.05, 0) is 117 Å². The summed E-state index contributed by atoms with van der Waals surface area (Å²) in [5.41, 5.74) is 4.72. The van der Waals surface area contributed by atoms with Crippen molar-refractivity contribution in [2.75, 3.05) is 19.3 Å². The number of allylic oxidation sites excluding steroid dienone is 3. The lowest BCUT2D eigenvalue weighted by molar-refractivity contribution is -0.0738. The predicted octanol–water partition coefficient (Wildman–Crippen LogP) is 6.78. The first-order valence-electron chi connectivity index (χ1n) is 15.2. The Balaban J connectivity index is 1.48. The molecule has 2 saturated heterocycles. The molecule has 0 aromatic heterocycles. The van der Waals surface area contributed by atoms with E-state index >= 15 is 0 Å². The second-order valence-electron chi connectivity index (χ2n) is 14.5. The van der Waals surface area contributed by atoms with Gasteiger partial charge in [0.2, 0.25) is 0 Å². The molecule has 0 radical (unpaired) electrons. The predicted molar refractivity (Wildman–Crippen MR) is 161 cm³/mol. The van der Waals surface area contributed by atoms with Gasteiger partial charge in [0.25, 0.3) is 0 Å². The van der Waals surface area contributed by atoms with Crippen LogP contribution in [-0.4, -0.2) is 44.6 Å². The summed E-state index contributed by atoms with van der Waals surface area (Å²) in [6.45, 7) is 10.2. The van der Waals surface area contributed by atoms with Gasteiger partial charge in [-0.15, -0.1) is 18.5 Å². The molecule has 0 aromatic rings. The van der Waals surface area contributed by atoms with E-state index in [-0.39, 0.29) is 5.16 Å². The van der Waals surface area contributed by atoms with Crippen molar-refractivity contribution in [2.24, 2.45) is 29.1 Å². The van der Waals surface area contributed by atoms with Crippen LogP contribution in [0.1, 0.15) is 70.6 Å². The van der Waals surface area contributed by atoms with Crippen LogP contribution in [0, 0.1) is 29.1 Å². The minimum absolute atomic E-state index is 0.114. The fraction of sp³-hybridized carbons (Fsp3) is 0.867. The summed E-state index contributed by atoms with van der Waals surface area (Å²) in [4.78, 5) is 0. The van der Waals surface area contributed by atoms with Crippen molar-refractivity contribution >= 4 is 26.6 Å². The largest absolute Gasteiger partial charge is 0.313 e. The molecule has 2 N–H and O–H groups in total. The van der Waals surface area contributed by atoms with Gasteiger partial charge in [-0.2, -0.15) is 0 Å². The summed E-state index contributed by atoms with van der Waals surface area (Å²) in [5, 5.41) is 8.28. The maximum Gasteiger partial charge on any atom is 0.0558 e. The van der Waals surface area contributed by atoms with Gasteiger partial charge in [-0.25, -0.2) is 0 Å². The van der Waals surface area contributed by atoms with Crippen molar-refractivity contribution in [1.29, 1.82) is 0 Å². The van der Waals surface area contributed by atoms with Gasteiger partial charge in [0, 0.05) is 22.7 Å². The van der Waals surface area contributed by atoms with Gasteiger partial charge >= 0.3 is 0 Å². The Bertz CT molecular complexity index is 816. The standard InChI is InChI=1S/C30H52N2P2Si/c1-35(2,3)24-17-25(29(19-33)22-13-20-12-21(15-22)16-23(29)14-20)26(18-24)30(34,27-8-4-6-10-31-27)28-9-5-7-11-32-28/h17-18,20-24,27-28,31-32H,4-16,19,33-34H2,1-3H3. The second-order valence-corrected chi connectivity index (χ2v) is 21.3. The molecule has 4 saturated carbocycles. The van der Waals surface area contributed by atoms with Gasteiger partial charge in [0.15, 0.2) is 0 Å². The molecule has 7 aliphatic rings. The molecule has 5 unspecified atom stereocenters. The van der Waals surface area contributed by atoms with Gasteiger partial charge < -0.3 is 10.6 Å². The van der Waals surface area contributed by atoms with Gasteiger partial charge in [-0.1, -0.05) is 44.6 Å². The average molecular weight is 531 g/mol. The quantitative estimate of drug-likeness (QED) is 0.292. The summed E-state index contributed by atoms with van der Waals surface area (Å²) < 4.78 is 0. The van der Waals surface area contributed by atoms with Gasteiger partial charge in [0.05, 0.1) is 8.07 Å². The first-order valence-corrected chi connectivity index (χ1v) is 20.1. The number of nitrogens with one attached hydrogen (secondary N) is 2. The van der Waals surface area contributed by atoms with E-state index in [1.807, 2.05) is 5.57 Å². The summed E-state index contributed by atoms with van der Waals surface area (Å²) in [7, 11) is 5.54. The highest BCUT2D eigenvalue weighted by Crippen LogP contribution is 2.68. The summed E-state index contributed by atoms with van der Waals surface area (Å²) >= 11 is 0. The molecule has 2 nitrogen and oxygen atoms in total. The first-order chi connectivity index (χ1) is 16.8. The topological polar surface area (TPSA) is 24.1 Å². The molecule has 0 aromatic carbocycles. The Morgan fingerprint density at radius 2 is 1.40 bits per heavy atom. The van der Waals surface area contributed by atoms with E-state index < -0.39 is 8.07 Å². The molecular formula is C30H52N2P2Si. The summed E-state index contributed by atoms with van der Waals surface area (Å²) in [6, 6.07) is 1.15. The SMILES string of the molecule is C[Si](C)(C)C1C=C(C(P)(C2CCCCN2)C2CCCCN2)C(C2(CP)C3CC4CC(C3)CC2C4)=C1. The molecule has 35 heavy (non-hydrogen) atoms. The summed E-state index contributed by atoms with van der Waals surface area (Å²) in [6.07, 6.45) is 22.7. The maximum atomic E-state index is 4.08. The summed E-state index contributed by atoms with van der Waals surface area (Å²) in [5.74, 6) is 3.90. The Morgan fingerprint density at radius 1 is 0.857 bits per heavy atom. The number of rotatable bonds is 6. The molecule has 0 spiro atoms. The van der Waals surface area contributed by atoms with Crippen molar-refractivity contribution in [3.8, 4) is 0 Å². The van der Waals surface area contributed by atoms with Crippen LogP contribution in [0.4, 0.5) is 0 Å². The number of hydrogen-bond acceptors (Lipinski definition) is 2. The third-order valence-corrected chi connectivity index (χ3v) is 15.8. The monoisotopic (exact) mass is 530 g/mol. The van der Waals surface area contributed by atoms with E-state index in [1.54, 1.807) is 12.0 Å². The zero-order chi connectivity index (χ0) is 24.4. The Labute approximate surface area is 221 Å². The minimum atomic E-state index is -1.35. The molecule has 5 heteroatoms. The Morgan fingerprint density at radius 3 is 1.83 bits per heavy atom. The molecule has 5 aliphatic carbocycles. The van der Waals surface area contributed by atoms with Crippen LogP contribution in [-0.2, 0) is 0 Å². The maximum absolute atomic E-state index is 4.08. The second kappa shape index (κ2) is 9.59. The number of hydrogen-bond donors (Lipinski definition) is 2. The molecule has 0 amide bonds. The Kier molecular flexibility index (Phi) is 7.05. The van der Waals surface area contributed by atoms with Gasteiger partial charge in [0.1, 0.15) is 0 Å². The van der Waals surface area contributed by atoms with Crippen LogP contribution < -0.4 is 10.6 Å². The number of piperidine rings is 2. The lowest BCUT2D eigenvalue weighted by atomic mass is 9.43. The molecule has 196 valence electrons. The fourth-order valence-electron chi connectivity index (χ4n) is 9.92. The van der Waals surface area contributed by atoms with E-state index in [9.17, 15) is 0 Å². The molecule has 2 heterocycles. The van der Waals surface area contributed by atoms with Crippen molar-refractivity contribution in [2.45, 2.75) is 113 Å². The van der Waals surface area contributed by atoms with Crippen molar-refractivity contribution in [3.05, 3.63) is 23.3 Å². The highest BCUT2D eigenvalue weighted by Gasteiger charge is 2.61. The van der Waals surface area contributed by atoms with E-state index in [4.69, 9.17) is 0 Å². The highest BCUT2D eigenvalue weighted by molar-refractivity contribution is 7.19. The van der Waals surface area contributed by atoms with E-state index in [0.29, 0.717) is 23.0 Å². The normalized spacial score (nSPS) is 45.2. The Hall–Kier alpha value is 0.477. The molecule has 7 rings (SSSR count). The molecule has 5 atom stereocenters. The van der Waals surface area contributed by atoms with E-state index in [0.717, 1.165) is 23.7 Å². The van der Waals surface area contributed by atoms with E-state index in [2.05, 4.69) is 60.9 Å². The smallest absolute Gasteiger partial charge is 0.0558 e. The zero-order valence-corrected chi connectivity index (χ0v) is 26.1. The van der Waals surface area contributed by atoms with Crippen LogP contribution in [0.25, 0.3) is 0 Å². The van der Waals surface area contributed by atoms with Crippen molar-refractivity contribution in [3.63, 3.8) is 0 Å². The fourth-order valence-corrected chi connectivity index (χ4v) is 13.0. The van der Waals surface area contributed by atoms with Crippen molar-refractivity contribution < 1.29 is 0 Å². The highest BCUT2D eigenvalue weighted by atomic mass is 31.0. The van der Waals surface area contributed by atoms with Crippen molar-refractivity contribution in [1.82, 2.24) is 10.6 Å². The lowest BCUT2D eigenvalue weighted by Crippen LogP contribution is -2.63. The van der Waals surface area contributed by atoms with Crippen LogP contribution in [0.3, 0.4) is 0 Å². The average Bonchev–Trinajstić information content (AvgIpc) is 3.32.